The first-order chi connectivity index (χ1) is 13.2. The molecule has 138 valence electrons. The number of hydrogen-bond donors (Lipinski definition) is 0. The summed E-state index contributed by atoms with van der Waals surface area (Å²) in [6, 6.07) is 18.7. The predicted molar refractivity (Wildman–Crippen MR) is 118 cm³/mol. The molecule has 0 N–H and O–H groups in total. The Kier molecular flexibility index (Phi) is 5.60. The lowest BCUT2D eigenvalue weighted by Crippen LogP contribution is -2.30. The molecule has 2 aliphatic heterocycles. The van der Waals surface area contributed by atoms with Crippen molar-refractivity contribution in [2.24, 2.45) is 0 Å². The van der Waals surface area contributed by atoms with Crippen molar-refractivity contribution in [2.75, 3.05) is 24.5 Å². The third-order valence-corrected chi connectivity index (χ3v) is 6.38. The first-order valence-corrected chi connectivity index (χ1v) is 10.6. The van der Waals surface area contributed by atoms with Crippen molar-refractivity contribution in [2.45, 2.75) is 19.3 Å². The lowest BCUT2D eigenvalue weighted by Gasteiger charge is -2.17. The van der Waals surface area contributed by atoms with Crippen LogP contribution in [0.2, 0.25) is 0 Å². The molecule has 5 heteroatoms. The van der Waals surface area contributed by atoms with Crippen LogP contribution in [0.4, 0.5) is 5.69 Å². The number of anilines is 1. The summed E-state index contributed by atoms with van der Waals surface area (Å²) >= 11 is 6.84. The number of thioether (sulfide) groups is 1. The van der Waals surface area contributed by atoms with Gasteiger partial charge in [-0.05, 0) is 48.6 Å². The van der Waals surface area contributed by atoms with Gasteiger partial charge < -0.3 is 4.90 Å². The highest BCUT2D eigenvalue weighted by Gasteiger charge is 2.31. The van der Waals surface area contributed by atoms with Gasteiger partial charge >= 0.3 is 0 Å². The van der Waals surface area contributed by atoms with Crippen molar-refractivity contribution in [1.82, 2.24) is 4.90 Å². The number of nitrogens with zero attached hydrogens (tertiary/aromatic N) is 2. The average molecular weight is 395 g/mol. The van der Waals surface area contributed by atoms with Gasteiger partial charge in [-0.15, -0.1) is 0 Å². The molecule has 2 heterocycles. The minimum absolute atomic E-state index is 0.0181. The van der Waals surface area contributed by atoms with Crippen molar-refractivity contribution in [3.8, 4) is 0 Å². The summed E-state index contributed by atoms with van der Waals surface area (Å²) in [5.41, 5.74) is 3.52. The molecule has 2 saturated heterocycles. The van der Waals surface area contributed by atoms with Crippen LogP contribution in [0.15, 0.2) is 59.5 Å². The fourth-order valence-corrected chi connectivity index (χ4v) is 4.79. The molecule has 0 unspecified atom stereocenters. The van der Waals surface area contributed by atoms with E-state index in [1.165, 1.54) is 35.9 Å². The van der Waals surface area contributed by atoms with Gasteiger partial charge in [0, 0.05) is 25.3 Å². The van der Waals surface area contributed by atoms with E-state index in [4.69, 9.17) is 12.2 Å². The largest absolute Gasteiger partial charge is 0.372 e. The van der Waals surface area contributed by atoms with Gasteiger partial charge in [-0.3, -0.25) is 9.69 Å². The minimum atomic E-state index is 0.0181. The molecule has 2 fully saturated rings. The number of carbonyl (C=O) groups excluding carboxylic acids is 1. The average Bonchev–Trinajstić information content (AvgIpc) is 3.31. The van der Waals surface area contributed by atoms with Crippen LogP contribution in [-0.2, 0) is 11.2 Å². The summed E-state index contributed by atoms with van der Waals surface area (Å²) in [6.45, 7) is 2.90. The first kappa shape index (κ1) is 18.3. The van der Waals surface area contributed by atoms with Crippen molar-refractivity contribution in [3.63, 3.8) is 0 Å². The van der Waals surface area contributed by atoms with Crippen LogP contribution in [0.25, 0.3) is 6.08 Å². The Labute approximate surface area is 170 Å². The molecule has 4 rings (SSSR count). The highest BCUT2D eigenvalue weighted by molar-refractivity contribution is 8.26. The monoisotopic (exact) mass is 394 g/mol. The SMILES string of the molecule is O=C1C(=Cc2ccc(N3CCCC3)cc2)SC(=S)N1CCc1ccccc1. The molecule has 0 aliphatic carbocycles. The zero-order chi connectivity index (χ0) is 18.6. The lowest BCUT2D eigenvalue weighted by atomic mass is 10.1. The van der Waals surface area contributed by atoms with Gasteiger partial charge in [0.05, 0.1) is 4.91 Å². The number of thiocarbonyl (C=S) groups is 1. The number of benzene rings is 2. The molecule has 0 atom stereocenters. The molecule has 0 spiro atoms. The lowest BCUT2D eigenvalue weighted by molar-refractivity contribution is -0.122. The standard InChI is InChI=1S/C22H22N2OS2/c25-21-20(16-18-8-10-19(11-9-18)23-13-4-5-14-23)27-22(26)24(21)15-12-17-6-2-1-3-7-17/h1-3,6-11,16H,4-5,12-15H2. The van der Waals surface area contributed by atoms with Gasteiger partial charge in [-0.2, -0.15) is 0 Å². The zero-order valence-corrected chi connectivity index (χ0v) is 16.8. The normalized spacial score (nSPS) is 18.7. The quantitative estimate of drug-likeness (QED) is 0.540. The fraction of sp³-hybridized carbons (Fsp3) is 0.273. The van der Waals surface area contributed by atoms with Crippen LogP contribution in [0.5, 0.6) is 0 Å². The molecule has 3 nitrogen and oxygen atoms in total. The second kappa shape index (κ2) is 8.28. The summed E-state index contributed by atoms with van der Waals surface area (Å²) in [7, 11) is 0. The van der Waals surface area contributed by atoms with E-state index in [2.05, 4.69) is 41.3 Å². The molecular weight excluding hydrogens is 372 g/mol. The number of hydrogen-bond acceptors (Lipinski definition) is 4. The van der Waals surface area contributed by atoms with E-state index in [1.807, 2.05) is 24.3 Å². The van der Waals surface area contributed by atoms with Crippen molar-refractivity contribution in [3.05, 3.63) is 70.6 Å². The highest BCUT2D eigenvalue weighted by atomic mass is 32.2. The van der Waals surface area contributed by atoms with Crippen molar-refractivity contribution >= 4 is 46.0 Å². The van der Waals surface area contributed by atoms with E-state index in [-0.39, 0.29) is 5.91 Å². The first-order valence-electron chi connectivity index (χ1n) is 9.35. The van der Waals surface area contributed by atoms with E-state index in [9.17, 15) is 4.79 Å². The molecule has 0 radical (unpaired) electrons. The third kappa shape index (κ3) is 4.25. The van der Waals surface area contributed by atoms with E-state index in [0.29, 0.717) is 15.8 Å². The molecule has 0 bridgehead atoms. The maximum Gasteiger partial charge on any atom is 0.266 e. The van der Waals surface area contributed by atoms with Gasteiger partial charge in [0.25, 0.3) is 5.91 Å². The van der Waals surface area contributed by atoms with Crippen LogP contribution in [0, 0.1) is 0 Å². The number of rotatable bonds is 5. The van der Waals surface area contributed by atoms with E-state index in [0.717, 1.165) is 25.1 Å². The Morgan fingerprint density at radius 1 is 1.00 bits per heavy atom. The van der Waals surface area contributed by atoms with Crippen LogP contribution in [-0.4, -0.2) is 34.8 Å². The second-order valence-electron chi connectivity index (χ2n) is 6.85. The molecule has 2 aromatic carbocycles. The Hall–Kier alpha value is -2.11. The predicted octanol–water partition coefficient (Wildman–Crippen LogP) is 4.73. The van der Waals surface area contributed by atoms with Crippen LogP contribution in [0.1, 0.15) is 24.0 Å². The Morgan fingerprint density at radius 2 is 1.70 bits per heavy atom. The summed E-state index contributed by atoms with van der Waals surface area (Å²) in [5.74, 6) is 0.0181. The van der Waals surface area contributed by atoms with Crippen LogP contribution in [0.3, 0.4) is 0 Å². The van der Waals surface area contributed by atoms with Gasteiger partial charge in [0.2, 0.25) is 0 Å². The molecule has 27 heavy (non-hydrogen) atoms. The van der Waals surface area contributed by atoms with Gasteiger partial charge in [-0.1, -0.05) is 66.4 Å². The fourth-order valence-electron chi connectivity index (χ4n) is 3.49. The Balaban J connectivity index is 1.43. The highest BCUT2D eigenvalue weighted by Crippen LogP contribution is 2.33. The zero-order valence-electron chi connectivity index (χ0n) is 15.1. The summed E-state index contributed by atoms with van der Waals surface area (Å²) in [4.78, 5) is 17.6. The van der Waals surface area contributed by atoms with E-state index >= 15 is 0 Å². The van der Waals surface area contributed by atoms with Crippen LogP contribution >= 0.6 is 24.0 Å². The maximum absolute atomic E-state index is 12.8. The second-order valence-corrected chi connectivity index (χ2v) is 8.53. The molecule has 2 aromatic rings. The minimum Gasteiger partial charge on any atom is -0.372 e. The third-order valence-electron chi connectivity index (χ3n) is 5.00. The van der Waals surface area contributed by atoms with E-state index < -0.39 is 0 Å². The maximum atomic E-state index is 12.8. The molecule has 2 aliphatic rings. The van der Waals surface area contributed by atoms with Crippen molar-refractivity contribution in [1.29, 1.82) is 0 Å². The molecule has 1 amide bonds. The summed E-state index contributed by atoms with van der Waals surface area (Å²) in [5, 5.41) is 0. The van der Waals surface area contributed by atoms with Gasteiger partial charge in [0.1, 0.15) is 4.32 Å². The smallest absolute Gasteiger partial charge is 0.266 e. The molecular formula is C22H22N2OS2. The van der Waals surface area contributed by atoms with Gasteiger partial charge in [-0.25, -0.2) is 0 Å². The number of amides is 1. The Morgan fingerprint density at radius 3 is 2.41 bits per heavy atom. The number of carbonyl (C=O) groups is 1. The Bertz CT molecular complexity index is 856. The summed E-state index contributed by atoms with van der Waals surface area (Å²) < 4.78 is 0.649. The molecule has 0 aromatic heterocycles. The summed E-state index contributed by atoms with van der Waals surface area (Å²) in [6.07, 6.45) is 5.31. The van der Waals surface area contributed by atoms with Gasteiger partial charge in [0.15, 0.2) is 0 Å². The van der Waals surface area contributed by atoms with Crippen molar-refractivity contribution < 1.29 is 4.79 Å². The topological polar surface area (TPSA) is 23.6 Å². The van der Waals surface area contributed by atoms with Crippen LogP contribution < -0.4 is 4.90 Å². The van der Waals surface area contributed by atoms with E-state index in [1.54, 1.807) is 4.90 Å². The molecule has 0 saturated carbocycles.